The van der Waals surface area contributed by atoms with Crippen LogP contribution in [0.3, 0.4) is 0 Å². The number of carbonyl (C=O) groups is 2. The first kappa shape index (κ1) is 18.4. The van der Waals surface area contributed by atoms with Crippen LogP contribution in [0.15, 0.2) is 36.4 Å². The smallest absolute Gasteiger partial charge is 0.271 e. The molecule has 2 amide bonds. The molecule has 0 radical (unpaired) electrons. The zero-order chi connectivity index (χ0) is 19.7. The third kappa shape index (κ3) is 3.33. The Morgan fingerprint density at radius 3 is 2.44 bits per heavy atom. The number of nitro benzene ring substituents is 1. The Morgan fingerprint density at radius 2 is 1.85 bits per heavy atom. The zero-order valence-electron chi connectivity index (χ0n) is 15.2. The predicted octanol–water partition coefficient (Wildman–Crippen LogP) is 2.96. The molecule has 8 nitrogen and oxygen atoms in total. The maximum atomic E-state index is 12.9. The zero-order valence-corrected chi connectivity index (χ0v) is 15.2. The maximum Gasteiger partial charge on any atom is 0.271 e. The third-order valence-corrected chi connectivity index (χ3v) is 4.53. The number of methoxy groups -OCH3 is 1. The molecule has 0 aliphatic carbocycles. The molecule has 1 atom stereocenters. The highest BCUT2D eigenvalue weighted by molar-refractivity contribution is 6.23. The standard InChI is InChI=1S/C19H19N3O5/c1-11-5-4-6-12(2)18(11)21-17(23)10-15(19(21)24)20-14-9-13(22(25)26)7-8-16(14)27-3/h4-9,15,20H,10H2,1-3H3/t15-/m1/s1. The Morgan fingerprint density at radius 1 is 1.19 bits per heavy atom. The number of aryl methyl sites for hydroxylation is 2. The van der Waals surface area contributed by atoms with Crippen molar-refractivity contribution in [3.8, 4) is 5.75 Å². The normalized spacial score (nSPS) is 16.6. The van der Waals surface area contributed by atoms with E-state index in [0.717, 1.165) is 11.1 Å². The summed E-state index contributed by atoms with van der Waals surface area (Å²) < 4.78 is 5.21. The van der Waals surface area contributed by atoms with Crippen LogP contribution in [0.4, 0.5) is 17.1 Å². The fourth-order valence-electron chi connectivity index (χ4n) is 3.25. The first-order valence-electron chi connectivity index (χ1n) is 8.35. The first-order valence-corrected chi connectivity index (χ1v) is 8.35. The average molecular weight is 369 g/mol. The second-order valence-corrected chi connectivity index (χ2v) is 6.35. The van der Waals surface area contributed by atoms with Gasteiger partial charge in [0.15, 0.2) is 0 Å². The van der Waals surface area contributed by atoms with Gasteiger partial charge in [-0.1, -0.05) is 18.2 Å². The number of imide groups is 1. The largest absolute Gasteiger partial charge is 0.495 e. The Labute approximate surface area is 155 Å². The number of ether oxygens (including phenoxy) is 1. The van der Waals surface area contributed by atoms with Gasteiger partial charge in [0.05, 0.1) is 29.8 Å². The Bertz CT molecular complexity index is 921. The highest BCUT2D eigenvalue weighted by Crippen LogP contribution is 2.34. The number of hydrogen-bond acceptors (Lipinski definition) is 6. The molecule has 0 spiro atoms. The summed E-state index contributed by atoms with van der Waals surface area (Å²) in [5.74, 6) is -0.364. The molecule has 8 heteroatoms. The van der Waals surface area contributed by atoms with Crippen molar-refractivity contribution in [1.82, 2.24) is 0 Å². The second-order valence-electron chi connectivity index (χ2n) is 6.35. The molecule has 1 aliphatic rings. The number of benzene rings is 2. The monoisotopic (exact) mass is 369 g/mol. The van der Waals surface area contributed by atoms with E-state index in [2.05, 4.69) is 5.32 Å². The Kier molecular flexibility index (Phi) is 4.81. The van der Waals surface area contributed by atoms with Crippen LogP contribution in [0.25, 0.3) is 0 Å². The molecule has 1 aliphatic heterocycles. The summed E-state index contributed by atoms with van der Waals surface area (Å²) in [7, 11) is 1.43. The topological polar surface area (TPSA) is 102 Å². The van der Waals surface area contributed by atoms with Crippen molar-refractivity contribution in [2.45, 2.75) is 26.3 Å². The molecule has 27 heavy (non-hydrogen) atoms. The van der Waals surface area contributed by atoms with Gasteiger partial charge in [0.25, 0.3) is 11.6 Å². The van der Waals surface area contributed by atoms with Gasteiger partial charge in [0, 0.05) is 12.1 Å². The molecule has 2 aromatic rings. The number of para-hydroxylation sites is 1. The van der Waals surface area contributed by atoms with E-state index in [1.54, 1.807) is 0 Å². The van der Waals surface area contributed by atoms with Crippen LogP contribution in [0.5, 0.6) is 5.75 Å². The van der Waals surface area contributed by atoms with Gasteiger partial charge < -0.3 is 10.1 Å². The van der Waals surface area contributed by atoms with E-state index in [9.17, 15) is 19.7 Å². The minimum absolute atomic E-state index is 0.0432. The number of nitrogens with one attached hydrogen (secondary N) is 1. The second kappa shape index (κ2) is 7.06. The van der Waals surface area contributed by atoms with Gasteiger partial charge >= 0.3 is 0 Å². The number of anilines is 2. The molecule has 3 rings (SSSR count). The highest BCUT2D eigenvalue weighted by atomic mass is 16.6. The molecule has 0 aromatic heterocycles. The summed E-state index contributed by atoms with van der Waals surface area (Å²) in [6.45, 7) is 3.68. The molecule has 1 fully saturated rings. The first-order chi connectivity index (χ1) is 12.8. The summed E-state index contributed by atoms with van der Waals surface area (Å²) in [5.41, 5.74) is 2.39. The van der Waals surface area contributed by atoms with Crippen molar-refractivity contribution in [2.24, 2.45) is 0 Å². The van der Waals surface area contributed by atoms with Crippen molar-refractivity contribution in [2.75, 3.05) is 17.3 Å². The maximum absolute atomic E-state index is 12.9. The van der Waals surface area contributed by atoms with Crippen LogP contribution in [0.1, 0.15) is 17.5 Å². The van der Waals surface area contributed by atoms with Gasteiger partial charge in [-0.05, 0) is 31.0 Å². The fourth-order valence-corrected chi connectivity index (χ4v) is 3.25. The summed E-state index contributed by atoms with van der Waals surface area (Å²) >= 11 is 0. The third-order valence-electron chi connectivity index (χ3n) is 4.53. The van der Waals surface area contributed by atoms with Crippen molar-refractivity contribution in [3.63, 3.8) is 0 Å². The van der Waals surface area contributed by atoms with Gasteiger partial charge in [-0.25, -0.2) is 4.90 Å². The van der Waals surface area contributed by atoms with E-state index in [4.69, 9.17) is 4.74 Å². The fraction of sp³-hybridized carbons (Fsp3) is 0.263. The van der Waals surface area contributed by atoms with Crippen molar-refractivity contribution in [1.29, 1.82) is 0 Å². The average Bonchev–Trinajstić information content (AvgIpc) is 2.89. The number of non-ortho nitro benzene ring substituents is 1. The van der Waals surface area contributed by atoms with Crippen LogP contribution in [0.2, 0.25) is 0 Å². The van der Waals surface area contributed by atoms with E-state index in [-0.39, 0.29) is 18.0 Å². The highest BCUT2D eigenvalue weighted by Gasteiger charge is 2.41. The molecule has 1 N–H and O–H groups in total. The molecular formula is C19H19N3O5. The lowest BCUT2D eigenvalue weighted by atomic mass is 10.1. The van der Waals surface area contributed by atoms with Crippen molar-refractivity contribution < 1.29 is 19.2 Å². The summed E-state index contributed by atoms with van der Waals surface area (Å²) in [4.78, 5) is 37.1. The van der Waals surface area contributed by atoms with Crippen molar-refractivity contribution in [3.05, 3.63) is 57.6 Å². The molecular weight excluding hydrogens is 350 g/mol. The predicted molar refractivity (Wildman–Crippen MR) is 100 cm³/mol. The minimum atomic E-state index is -0.826. The number of carbonyl (C=O) groups excluding carboxylic acids is 2. The lowest BCUT2D eigenvalue weighted by Crippen LogP contribution is -2.35. The summed E-state index contributed by atoms with van der Waals surface area (Å²) in [6.07, 6.45) is -0.0432. The lowest BCUT2D eigenvalue weighted by molar-refractivity contribution is -0.384. The van der Waals surface area contributed by atoms with Crippen LogP contribution in [-0.2, 0) is 9.59 Å². The molecule has 0 unspecified atom stereocenters. The number of rotatable bonds is 5. The summed E-state index contributed by atoms with van der Waals surface area (Å²) in [6, 6.07) is 8.77. The number of hydrogen-bond donors (Lipinski definition) is 1. The van der Waals surface area contributed by atoms with Gasteiger partial charge in [0.2, 0.25) is 5.91 Å². The SMILES string of the molecule is COc1ccc([N+](=O)[O-])cc1N[C@@H]1CC(=O)N(c2c(C)cccc2C)C1=O. The summed E-state index contributed by atoms with van der Waals surface area (Å²) in [5, 5.41) is 14.0. The number of nitrogens with zero attached hydrogens (tertiary/aromatic N) is 2. The number of amides is 2. The Hall–Kier alpha value is -3.42. The van der Waals surface area contributed by atoms with Crippen LogP contribution < -0.4 is 15.0 Å². The lowest BCUT2D eigenvalue weighted by Gasteiger charge is -2.20. The van der Waals surface area contributed by atoms with Crippen LogP contribution >= 0.6 is 0 Å². The number of nitro groups is 1. The quantitative estimate of drug-likeness (QED) is 0.494. The van der Waals surface area contributed by atoms with Crippen LogP contribution in [-0.4, -0.2) is 29.9 Å². The van der Waals surface area contributed by atoms with Crippen LogP contribution in [0, 0.1) is 24.0 Å². The van der Waals surface area contributed by atoms with Gasteiger partial charge in [-0.2, -0.15) is 0 Å². The molecule has 140 valence electrons. The van der Waals surface area contributed by atoms with Crippen molar-refractivity contribution >= 4 is 28.9 Å². The minimum Gasteiger partial charge on any atom is -0.495 e. The van der Waals surface area contributed by atoms with E-state index < -0.39 is 16.9 Å². The van der Waals surface area contributed by atoms with E-state index >= 15 is 0 Å². The molecule has 1 heterocycles. The van der Waals surface area contributed by atoms with E-state index in [1.807, 2.05) is 32.0 Å². The molecule has 0 bridgehead atoms. The van der Waals surface area contributed by atoms with Gasteiger partial charge in [-0.3, -0.25) is 19.7 Å². The molecule has 0 saturated carbocycles. The molecule has 2 aromatic carbocycles. The van der Waals surface area contributed by atoms with E-state index in [0.29, 0.717) is 17.1 Å². The van der Waals surface area contributed by atoms with Gasteiger partial charge in [0.1, 0.15) is 11.8 Å². The van der Waals surface area contributed by atoms with E-state index in [1.165, 1.54) is 30.2 Å². The van der Waals surface area contributed by atoms with Gasteiger partial charge in [-0.15, -0.1) is 0 Å². The molecule has 1 saturated heterocycles. The Balaban J connectivity index is 1.92.